The van der Waals surface area contributed by atoms with Gasteiger partial charge in [0.1, 0.15) is 9.92 Å². The van der Waals surface area contributed by atoms with Crippen molar-refractivity contribution in [1.82, 2.24) is 9.97 Å². The minimum atomic E-state index is -3.92. The highest BCUT2D eigenvalue weighted by Crippen LogP contribution is 2.31. The average molecular weight is 442 g/mol. The fourth-order valence-corrected chi connectivity index (χ4v) is 5.21. The van der Waals surface area contributed by atoms with E-state index in [0.717, 1.165) is 5.56 Å². The highest BCUT2D eigenvalue weighted by Gasteiger charge is 2.21. The Morgan fingerprint density at radius 3 is 2.17 bits per heavy atom. The Labute approximate surface area is 178 Å². The van der Waals surface area contributed by atoms with Gasteiger partial charge in [-0.25, -0.2) is 18.4 Å². The second kappa shape index (κ2) is 8.41. The monoisotopic (exact) mass is 441 g/mol. The van der Waals surface area contributed by atoms with Crippen molar-refractivity contribution in [1.29, 1.82) is 0 Å². The lowest BCUT2D eigenvalue weighted by atomic mass is 10.2. The van der Waals surface area contributed by atoms with Crippen molar-refractivity contribution in [3.05, 3.63) is 89.4 Å². The smallest absolute Gasteiger partial charge is 0.261 e. The molecule has 0 spiro atoms. The molecule has 1 heterocycles. The van der Waals surface area contributed by atoms with Crippen molar-refractivity contribution in [3.63, 3.8) is 0 Å². The molecule has 0 saturated carbocycles. The third-order valence-electron chi connectivity index (χ3n) is 4.11. The number of nitrogens with one attached hydrogen (secondary N) is 1. The maximum Gasteiger partial charge on any atom is 0.264 e. The maximum absolute atomic E-state index is 12.9. The number of rotatable bonds is 6. The van der Waals surface area contributed by atoms with Gasteiger partial charge in [-0.15, -0.1) is 0 Å². The molecule has 8 heteroatoms. The lowest BCUT2D eigenvalue weighted by molar-refractivity contribution is 0.601. The molecule has 0 atom stereocenters. The van der Waals surface area contributed by atoms with Crippen molar-refractivity contribution in [2.24, 2.45) is 0 Å². The Morgan fingerprint density at radius 1 is 0.828 bits per heavy atom. The largest absolute Gasteiger partial charge is 0.264 e. The zero-order valence-corrected chi connectivity index (χ0v) is 17.5. The molecular formula is C21H16ClN3O2S2. The Kier molecular flexibility index (Phi) is 5.71. The molecule has 0 unspecified atom stereocenters. The molecular weight excluding hydrogens is 426 g/mol. The fourth-order valence-electron chi connectivity index (χ4n) is 2.72. The number of nitrogens with zero attached hydrogens (tertiary/aromatic N) is 2. The van der Waals surface area contributed by atoms with E-state index in [4.69, 9.17) is 11.6 Å². The molecule has 0 aliphatic heterocycles. The number of halogens is 1. The highest BCUT2D eigenvalue weighted by atomic mass is 35.5. The summed E-state index contributed by atoms with van der Waals surface area (Å²) in [5.74, 6) is 0.818. The van der Waals surface area contributed by atoms with Crippen LogP contribution >= 0.6 is 23.4 Å². The van der Waals surface area contributed by atoms with Gasteiger partial charge in [0.25, 0.3) is 10.0 Å². The zero-order valence-electron chi connectivity index (χ0n) is 15.1. The Morgan fingerprint density at radius 2 is 1.45 bits per heavy atom. The summed E-state index contributed by atoms with van der Waals surface area (Å²) in [5, 5.41) is 0.649. The van der Waals surface area contributed by atoms with Crippen LogP contribution in [0.3, 0.4) is 0 Å². The molecule has 0 aliphatic rings. The summed E-state index contributed by atoms with van der Waals surface area (Å²) in [5.41, 5.74) is 2.41. The number of aromatic nitrogens is 2. The quantitative estimate of drug-likeness (QED) is 0.407. The van der Waals surface area contributed by atoms with Crippen LogP contribution in [0.25, 0.3) is 11.0 Å². The van der Waals surface area contributed by atoms with Crippen LogP contribution < -0.4 is 4.72 Å². The van der Waals surface area contributed by atoms with Crippen LogP contribution in [0.5, 0.6) is 0 Å². The number of thioether (sulfide) groups is 1. The first kappa shape index (κ1) is 19.7. The SMILES string of the molecule is O=S(=O)(Nc1nc2ccccc2nc1SCc1ccccc1)c1ccccc1Cl. The van der Waals surface area contributed by atoms with E-state index in [2.05, 4.69) is 14.7 Å². The molecule has 4 rings (SSSR count). The van der Waals surface area contributed by atoms with E-state index in [1.165, 1.54) is 23.9 Å². The molecule has 0 aliphatic carbocycles. The first-order valence-corrected chi connectivity index (χ1v) is 11.6. The summed E-state index contributed by atoms with van der Waals surface area (Å²) in [6.07, 6.45) is 0. The molecule has 1 aromatic heterocycles. The van der Waals surface area contributed by atoms with Gasteiger partial charge in [-0.3, -0.25) is 4.72 Å². The van der Waals surface area contributed by atoms with Gasteiger partial charge in [0, 0.05) is 5.75 Å². The first-order chi connectivity index (χ1) is 14.0. The van der Waals surface area contributed by atoms with Crippen LogP contribution in [-0.2, 0) is 15.8 Å². The Balaban J connectivity index is 1.72. The number of hydrogen-bond donors (Lipinski definition) is 1. The molecule has 4 aromatic rings. The van der Waals surface area contributed by atoms with E-state index in [-0.39, 0.29) is 15.7 Å². The standard InChI is InChI=1S/C21H16ClN3O2S2/c22-16-10-4-7-13-19(16)29(26,27)25-20-21(28-14-15-8-2-1-3-9-15)24-18-12-6-5-11-17(18)23-20/h1-13H,14H2,(H,23,25). The molecule has 0 radical (unpaired) electrons. The third kappa shape index (κ3) is 4.53. The van der Waals surface area contributed by atoms with Crippen LogP contribution in [0, 0.1) is 0 Å². The number of anilines is 1. The zero-order chi connectivity index (χ0) is 20.3. The molecule has 1 N–H and O–H groups in total. The molecule has 146 valence electrons. The normalized spacial score (nSPS) is 11.5. The predicted octanol–water partition coefficient (Wildman–Crippen LogP) is 5.38. The number of hydrogen-bond acceptors (Lipinski definition) is 5. The van der Waals surface area contributed by atoms with E-state index < -0.39 is 10.0 Å². The van der Waals surface area contributed by atoms with Crippen LogP contribution in [0.2, 0.25) is 5.02 Å². The van der Waals surface area contributed by atoms with E-state index in [0.29, 0.717) is 21.8 Å². The molecule has 29 heavy (non-hydrogen) atoms. The summed E-state index contributed by atoms with van der Waals surface area (Å²) in [6, 6.07) is 23.5. The van der Waals surface area contributed by atoms with E-state index >= 15 is 0 Å². The number of fused-ring (bicyclic) bond motifs is 1. The van der Waals surface area contributed by atoms with Gasteiger partial charge in [-0.2, -0.15) is 0 Å². The summed E-state index contributed by atoms with van der Waals surface area (Å²) in [6.45, 7) is 0. The fraction of sp³-hybridized carbons (Fsp3) is 0.0476. The summed E-state index contributed by atoms with van der Waals surface area (Å²) in [7, 11) is -3.92. The van der Waals surface area contributed by atoms with Gasteiger partial charge in [-0.1, -0.05) is 78.0 Å². The Bertz CT molecular complexity index is 1270. The van der Waals surface area contributed by atoms with Crippen molar-refractivity contribution in [2.45, 2.75) is 15.7 Å². The van der Waals surface area contributed by atoms with E-state index in [1.54, 1.807) is 18.2 Å². The van der Waals surface area contributed by atoms with Gasteiger partial charge in [0.15, 0.2) is 5.82 Å². The number of para-hydroxylation sites is 2. The molecule has 3 aromatic carbocycles. The first-order valence-electron chi connectivity index (χ1n) is 8.74. The highest BCUT2D eigenvalue weighted by molar-refractivity contribution is 7.98. The lowest BCUT2D eigenvalue weighted by Crippen LogP contribution is -2.15. The Hall–Kier alpha value is -2.61. The molecule has 0 fully saturated rings. The van der Waals surface area contributed by atoms with Gasteiger partial charge in [0.2, 0.25) is 0 Å². The summed E-state index contributed by atoms with van der Waals surface area (Å²) in [4.78, 5) is 9.14. The third-order valence-corrected chi connectivity index (χ3v) is 6.99. The molecule has 0 saturated heterocycles. The second-order valence-corrected chi connectivity index (χ2v) is 9.20. The van der Waals surface area contributed by atoms with Crippen molar-refractivity contribution in [2.75, 3.05) is 4.72 Å². The van der Waals surface area contributed by atoms with Gasteiger partial charge in [-0.05, 0) is 29.8 Å². The van der Waals surface area contributed by atoms with Crippen molar-refractivity contribution in [3.8, 4) is 0 Å². The van der Waals surface area contributed by atoms with E-state index in [1.807, 2.05) is 48.5 Å². The predicted molar refractivity (Wildman–Crippen MR) is 118 cm³/mol. The number of sulfonamides is 1. The molecule has 0 amide bonds. The van der Waals surface area contributed by atoms with Crippen molar-refractivity contribution >= 4 is 50.2 Å². The van der Waals surface area contributed by atoms with Gasteiger partial charge in [0.05, 0.1) is 16.1 Å². The minimum absolute atomic E-state index is 0.00404. The average Bonchev–Trinajstić information content (AvgIpc) is 2.73. The second-order valence-electron chi connectivity index (χ2n) is 6.18. The van der Waals surface area contributed by atoms with Gasteiger partial charge >= 0.3 is 0 Å². The molecule has 0 bridgehead atoms. The van der Waals surface area contributed by atoms with Crippen LogP contribution in [-0.4, -0.2) is 18.4 Å². The summed E-state index contributed by atoms with van der Waals surface area (Å²) < 4.78 is 28.4. The van der Waals surface area contributed by atoms with Crippen molar-refractivity contribution < 1.29 is 8.42 Å². The summed E-state index contributed by atoms with van der Waals surface area (Å²) >= 11 is 7.51. The topological polar surface area (TPSA) is 72.0 Å². The van der Waals surface area contributed by atoms with E-state index in [9.17, 15) is 8.42 Å². The van der Waals surface area contributed by atoms with Crippen LogP contribution in [0.1, 0.15) is 5.56 Å². The van der Waals surface area contributed by atoms with Gasteiger partial charge < -0.3 is 0 Å². The van der Waals surface area contributed by atoms with Crippen LogP contribution in [0.4, 0.5) is 5.82 Å². The number of benzene rings is 3. The molecule has 5 nitrogen and oxygen atoms in total. The van der Waals surface area contributed by atoms with Crippen LogP contribution in [0.15, 0.2) is 88.8 Å². The lowest BCUT2D eigenvalue weighted by Gasteiger charge is -2.13. The maximum atomic E-state index is 12.9. The minimum Gasteiger partial charge on any atom is -0.261 e.